The van der Waals surface area contributed by atoms with Crippen molar-refractivity contribution in [1.29, 1.82) is 5.26 Å². The number of hydrogen-bond donors (Lipinski definition) is 0. The van der Waals surface area contributed by atoms with Gasteiger partial charge in [-0.05, 0) is 26.0 Å². The maximum atomic E-state index is 12.4. The number of amides is 1. The van der Waals surface area contributed by atoms with E-state index < -0.39 is 5.92 Å². The molecule has 0 spiro atoms. The minimum Gasteiger partial charge on any atom is -0.339 e. The number of carbonyl (C=O) groups excluding carboxylic acids is 1. The summed E-state index contributed by atoms with van der Waals surface area (Å²) in [5.74, 6) is -0.595. The van der Waals surface area contributed by atoms with Crippen LogP contribution in [0.1, 0.15) is 11.1 Å². The second kappa shape index (κ2) is 6.53. The molecule has 106 valence electrons. The Morgan fingerprint density at radius 1 is 1.35 bits per heavy atom. The van der Waals surface area contributed by atoms with Crippen molar-refractivity contribution in [2.45, 2.75) is 13.3 Å². The van der Waals surface area contributed by atoms with Crippen molar-refractivity contribution in [3.63, 3.8) is 0 Å². The fraction of sp³-hybridized carbons (Fsp3) is 0.500. The summed E-state index contributed by atoms with van der Waals surface area (Å²) < 4.78 is 0. The monoisotopic (exact) mass is 271 g/mol. The molecule has 1 aromatic rings. The molecule has 1 atom stereocenters. The van der Waals surface area contributed by atoms with E-state index in [0.29, 0.717) is 6.42 Å². The Kier molecular flexibility index (Phi) is 4.75. The molecule has 0 radical (unpaired) electrons. The van der Waals surface area contributed by atoms with E-state index in [1.807, 2.05) is 36.1 Å². The summed E-state index contributed by atoms with van der Waals surface area (Å²) in [6.07, 6.45) is 0.503. The number of hydrogen-bond acceptors (Lipinski definition) is 3. The SMILES string of the molecule is Cc1cccc(CC(C#N)C(=O)N2CCN(C)CC2)c1. The maximum Gasteiger partial charge on any atom is 0.240 e. The third-order valence-electron chi connectivity index (χ3n) is 3.79. The molecule has 0 aliphatic carbocycles. The zero-order valence-electron chi connectivity index (χ0n) is 12.2. The Hall–Kier alpha value is -1.86. The minimum absolute atomic E-state index is 0.0258. The topological polar surface area (TPSA) is 47.3 Å². The summed E-state index contributed by atoms with van der Waals surface area (Å²) in [5.41, 5.74) is 2.21. The lowest BCUT2D eigenvalue weighted by Crippen LogP contribution is -2.49. The van der Waals surface area contributed by atoms with E-state index in [4.69, 9.17) is 0 Å². The first-order valence-corrected chi connectivity index (χ1v) is 7.02. The molecule has 20 heavy (non-hydrogen) atoms. The van der Waals surface area contributed by atoms with Crippen LogP contribution in [0.25, 0.3) is 0 Å². The first-order valence-electron chi connectivity index (χ1n) is 7.02. The molecule has 1 aliphatic heterocycles. The van der Waals surface area contributed by atoms with E-state index in [2.05, 4.69) is 18.0 Å². The number of nitrogens with zero attached hydrogens (tertiary/aromatic N) is 3. The Morgan fingerprint density at radius 3 is 2.65 bits per heavy atom. The third kappa shape index (κ3) is 3.58. The van der Waals surface area contributed by atoms with Gasteiger partial charge >= 0.3 is 0 Å². The lowest BCUT2D eigenvalue weighted by Gasteiger charge is -2.33. The maximum absolute atomic E-state index is 12.4. The van der Waals surface area contributed by atoms with Crippen molar-refractivity contribution in [2.75, 3.05) is 33.2 Å². The lowest BCUT2D eigenvalue weighted by molar-refractivity contribution is -0.135. The van der Waals surface area contributed by atoms with E-state index in [1.165, 1.54) is 0 Å². The molecule has 1 heterocycles. The molecule has 0 aromatic heterocycles. The Bertz CT molecular complexity index is 513. The van der Waals surface area contributed by atoms with Crippen molar-refractivity contribution < 1.29 is 4.79 Å². The third-order valence-corrected chi connectivity index (χ3v) is 3.79. The second-order valence-corrected chi connectivity index (χ2v) is 5.50. The number of carbonyl (C=O) groups is 1. The Labute approximate surface area is 120 Å². The van der Waals surface area contributed by atoms with Gasteiger partial charge in [-0.1, -0.05) is 29.8 Å². The fourth-order valence-corrected chi connectivity index (χ4v) is 2.51. The van der Waals surface area contributed by atoms with Crippen LogP contribution in [0.2, 0.25) is 0 Å². The van der Waals surface area contributed by atoms with Gasteiger partial charge in [0.25, 0.3) is 0 Å². The average Bonchev–Trinajstić information content (AvgIpc) is 2.45. The summed E-state index contributed by atoms with van der Waals surface area (Å²) >= 11 is 0. The van der Waals surface area contributed by atoms with Gasteiger partial charge in [-0.15, -0.1) is 0 Å². The summed E-state index contributed by atoms with van der Waals surface area (Å²) in [6.45, 7) is 5.23. The normalized spacial score (nSPS) is 17.6. The van der Waals surface area contributed by atoms with Gasteiger partial charge in [0, 0.05) is 26.2 Å². The Morgan fingerprint density at radius 2 is 2.05 bits per heavy atom. The number of nitriles is 1. The summed E-state index contributed by atoms with van der Waals surface area (Å²) in [6, 6.07) is 10.2. The predicted octanol–water partition coefficient (Wildman–Crippen LogP) is 1.45. The Balaban J connectivity index is 2.01. The van der Waals surface area contributed by atoms with Crippen LogP contribution in [0.5, 0.6) is 0 Å². The predicted molar refractivity (Wildman–Crippen MR) is 78.1 cm³/mol. The molecule has 1 aliphatic rings. The highest BCUT2D eigenvalue weighted by Crippen LogP contribution is 2.14. The number of rotatable bonds is 3. The van der Waals surface area contributed by atoms with Gasteiger partial charge in [-0.2, -0.15) is 5.26 Å². The summed E-state index contributed by atoms with van der Waals surface area (Å²) in [5, 5.41) is 9.30. The van der Waals surface area contributed by atoms with Gasteiger partial charge in [-0.3, -0.25) is 4.79 Å². The highest BCUT2D eigenvalue weighted by Gasteiger charge is 2.26. The fourth-order valence-electron chi connectivity index (χ4n) is 2.51. The van der Waals surface area contributed by atoms with E-state index in [0.717, 1.165) is 37.3 Å². The summed E-state index contributed by atoms with van der Waals surface area (Å²) in [4.78, 5) is 16.4. The largest absolute Gasteiger partial charge is 0.339 e. The summed E-state index contributed by atoms with van der Waals surface area (Å²) in [7, 11) is 2.05. The van der Waals surface area contributed by atoms with Gasteiger partial charge in [0.1, 0.15) is 5.92 Å². The molecular weight excluding hydrogens is 250 g/mol. The number of benzene rings is 1. The molecular formula is C16H21N3O. The van der Waals surface area contributed by atoms with Crippen LogP contribution in [0.15, 0.2) is 24.3 Å². The van der Waals surface area contributed by atoms with Crippen LogP contribution < -0.4 is 0 Å². The van der Waals surface area contributed by atoms with Crippen molar-refractivity contribution in [3.8, 4) is 6.07 Å². The van der Waals surface area contributed by atoms with Gasteiger partial charge in [0.2, 0.25) is 5.91 Å². The van der Waals surface area contributed by atoms with E-state index in [9.17, 15) is 10.1 Å². The lowest BCUT2D eigenvalue weighted by atomic mass is 9.98. The van der Waals surface area contributed by atoms with Gasteiger partial charge in [0.05, 0.1) is 6.07 Å². The van der Waals surface area contributed by atoms with Crippen LogP contribution in [0.4, 0.5) is 0 Å². The molecule has 0 bridgehead atoms. The second-order valence-electron chi connectivity index (χ2n) is 5.50. The standard InChI is InChI=1S/C16H21N3O/c1-13-4-3-5-14(10-13)11-15(12-17)16(20)19-8-6-18(2)7-9-19/h3-5,10,15H,6-9,11H2,1-2H3. The van der Waals surface area contributed by atoms with Crippen LogP contribution in [-0.4, -0.2) is 48.9 Å². The average molecular weight is 271 g/mol. The zero-order chi connectivity index (χ0) is 14.5. The molecule has 4 nitrogen and oxygen atoms in total. The van der Waals surface area contributed by atoms with Gasteiger partial charge in [-0.25, -0.2) is 0 Å². The molecule has 0 saturated carbocycles. The molecule has 2 rings (SSSR count). The van der Waals surface area contributed by atoms with E-state index >= 15 is 0 Å². The van der Waals surface area contributed by atoms with Crippen molar-refractivity contribution >= 4 is 5.91 Å². The van der Waals surface area contributed by atoms with Crippen LogP contribution >= 0.6 is 0 Å². The van der Waals surface area contributed by atoms with E-state index in [1.54, 1.807) is 0 Å². The molecule has 4 heteroatoms. The molecule has 0 N–H and O–H groups in total. The minimum atomic E-state index is -0.569. The van der Waals surface area contributed by atoms with Crippen LogP contribution in [-0.2, 0) is 11.2 Å². The quantitative estimate of drug-likeness (QED) is 0.836. The van der Waals surface area contributed by atoms with Crippen LogP contribution in [0, 0.1) is 24.2 Å². The first kappa shape index (κ1) is 14.5. The number of likely N-dealkylation sites (N-methyl/N-ethyl adjacent to an activating group) is 1. The molecule has 1 aromatic carbocycles. The molecule has 1 amide bonds. The van der Waals surface area contributed by atoms with Crippen molar-refractivity contribution in [2.24, 2.45) is 5.92 Å². The zero-order valence-corrected chi connectivity index (χ0v) is 12.2. The first-order chi connectivity index (χ1) is 9.60. The highest BCUT2D eigenvalue weighted by molar-refractivity contribution is 5.81. The molecule has 1 unspecified atom stereocenters. The van der Waals surface area contributed by atoms with Crippen molar-refractivity contribution in [1.82, 2.24) is 9.80 Å². The molecule has 1 saturated heterocycles. The van der Waals surface area contributed by atoms with Gasteiger partial charge < -0.3 is 9.80 Å². The number of aryl methyl sites for hydroxylation is 1. The van der Waals surface area contributed by atoms with E-state index in [-0.39, 0.29) is 5.91 Å². The smallest absolute Gasteiger partial charge is 0.240 e. The number of piperazine rings is 1. The highest BCUT2D eigenvalue weighted by atomic mass is 16.2. The molecule has 1 fully saturated rings. The van der Waals surface area contributed by atoms with Gasteiger partial charge in [0.15, 0.2) is 0 Å². The van der Waals surface area contributed by atoms with Crippen molar-refractivity contribution in [3.05, 3.63) is 35.4 Å². The van der Waals surface area contributed by atoms with Crippen LogP contribution in [0.3, 0.4) is 0 Å².